The zero-order valence-corrected chi connectivity index (χ0v) is 10.3. The highest BCUT2D eigenvalue weighted by molar-refractivity contribution is 5.96. The Kier molecular flexibility index (Phi) is 5.29. The Morgan fingerprint density at radius 3 is 2.72 bits per heavy atom. The number of nitrogens with two attached hydrogens (primary N) is 1. The number of carbonyl (C=O) groups is 2. The predicted octanol–water partition coefficient (Wildman–Crippen LogP) is 0.385. The van der Waals surface area contributed by atoms with Gasteiger partial charge in [0.1, 0.15) is 6.04 Å². The lowest BCUT2D eigenvalue weighted by molar-refractivity contribution is -0.118. The van der Waals surface area contributed by atoms with Crippen LogP contribution in [0.4, 0.5) is 5.69 Å². The van der Waals surface area contributed by atoms with Crippen molar-refractivity contribution >= 4 is 17.6 Å². The molecule has 0 aliphatic heterocycles. The molecule has 0 saturated carbocycles. The van der Waals surface area contributed by atoms with Gasteiger partial charge in [0.15, 0.2) is 0 Å². The number of hydrogen-bond acceptors (Lipinski definition) is 5. The fourth-order valence-electron chi connectivity index (χ4n) is 1.33. The van der Waals surface area contributed by atoms with Crippen LogP contribution in [0.25, 0.3) is 0 Å². The van der Waals surface area contributed by atoms with Gasteiger partial charge in [-0.2, -0.15) is 0 Å². The first kappa shape index (κ1) is 14.1. The third-order valence-corrected chi connectivity index (χ3v) is 2.23. The normalized spacial score (nSPS) is 11.7. The third kappa shape index (κ3) is 3.83. The summed E-state index contributed by atoms with van der Waals surface area (Å²) in [6, 6.07) is 5.66. The van der Waals surface area contributed by atoms with Crippen LogP contribution in [-0.2, 0) is 14.3 Å². The summed E-state index contributed by atoms with van der Waals surface area (Å²) in [6.07, 6.45) is 0. The lowest BCUT2D eigenvalue weighted by atomic mass is 10.2. The molecule has 6 heteroatoms. The van der Waals surface area contributed by atoms with Crippen LogP contribution in [0.2, 0.25) is 0 Å². The minimum atomic E-state index is -0.753. The van der Waals surface area contributed by atoms with E-state index in [0.717, 1.165) is 0 Å². The first-order valence-electron chi connectivity index (χ1n) is 5.32. The summed E-state index contributed by atoms with van der Waals surface area (Å²) in [7, 11) is 2.76. The first-order chi connectivity index (χ1) is 8.58. The van der Waals surface area contributed by atoms with Crippen molar-refractivity contribution < 1.29 is 19.1 Å². The Balaban J connectivity index is 2.73. The van der Waals surface area contributed by atoms with E-state index in [2.05, 4.69) is 10.1 Å². The van der Waals surface area contributed by atoms with Gasteiger partial charge in [-0.3, -0.25) is 4.79 Å². The smallest absolute Gasteiger partial charge is 0.337 e. The van der Waals surface area contributed by atoms with Crippen LogP contribution < -0.4 is 11.1 Å². The largest absolute Gasteiger partial charge is 0.465 e. The van der Waals surface area contributed by atoms with Crippen LogP contribution in [0.15, 0.2) is 24.3 Å². The maximum atomic E-state index is 11.6. The molecule has 98 valence electrons. The molecule has 0 aliphatic rings. The Morgan fingerprint density at radius 1 is 1.39 bits per heavy atom. The molecule has 1 unspecified atom stereocenters. The lowest BCUT2D eigenvalue weighted by Gasteiger charge is -2.11. The summed E-state index contributed by atoms with van der Waals surface area (Å²) in [6.45, 7) is 0.128. The second kappa shape index (κ2) is 6.73. The highest BCUT2D eigenvalue weighted by Gasteiger charge is 2.14. The van der Waals surface area contributed by atoms with E-state index in [0.29, 0.717) is 11.3 Å². The molecule has 0 aromatic heterocycles. The van der Waals surface area contributed by atoms with Crippen molar-refractivity contribution in [2.75, 3.05) is 26.1 Å². The summed E-state index contributed by atoms with van der Waals surface area (Å²) in [5.74, 6) is -0.842. The van der Waals surface area contributed by atoms with Crippen LogP contribution in [0.5, 0.6) is 0 Å². The monoisotopic (exact) mass is 252 g/mol. The number of amides is 1. The van der Waals surface area contributed by atoms with Crippen LogP contribution in [-0.4, -0.2) is 38.7 Å². The lowest BCUT2D eigenvalue weighted by Crippen LogP contribution is -2.39. The van der Waals surface area contributed by atoms with E-state index in [-0.39, 0.29) is 12.5 Å². The van der Waals surface area contributed by atoms with E-state index < -0.39 is 12.0 Å². The molecule has 6 nitrogen and oxygen atoms in total. The van der Waals surface area contributed by atoms with Gasteiger partial charge in [-0.15, -0.1) is 0 Å². The summed E-state index contributed by atoms with van der Waals surface area (Å²) < 4.78 is 9.37. The Morgan fingerprint density at radius 2 is 2.11 bits per heavy atom. The van der Waals surface area contributed by atoms with Gasteiger partial charge in [0, 0.05) is 12.8 Å². The zero-order valence-electron chi connectivity index (χ0n) is 10.3. The summed E-state index contributed by atoms with van der Waals surface area (Å²) in [5, 5.41) is 2.59. The van der Waals surface area contributed by atoms with Gasteiger partial charge in [0.2, 0.25) is 5.91 Å². The van der Waals surface area contributed by atoms with E-state index in [1.165, 1.54) is 20.3 Å². The number of rotatable bonds is 5. The molecule has 1 aromatic carbocycles. The molecule has 3 N–H and O–H groups in total. The van der Waals surface area contributed by atoms with Crippen LogP contribution in [0.3, 0.4) is 0 Å². The maximum absolute atomic E-state index is 11.6. The Bertz CT molecular complexity index is 434. The predicted molar refractivity (Wildman–Crippen MR) is 66.3 cm³/mol. The second-order valence-electron chi connectivity index (χ2n) is 3.62. The van der Waals surface area contributed by atoms with Gasteiger partial charge >= 0.3 is 5.97 Å². The average Bonchev–Trinajstić information content (AvgIpc) is 2.38. The maximum Gasteiger partial charge on any atom is 0.337 e. The van der Waals surface area contributed by atoms with Crippen molar-refractivity contribution in [3.8, 4) is 0 Å². The summed E-state index contributed by atoms with van der Waals surface area (Å²) in [4.78, 5) is 22.9. The van der Waals surface area contributed by atoms with Crippen molar-refractivity contribution in [2.45, 2.75) is 6.04 Å². The molecule has 1 amide bonds. The third-order valence-electron chi connectivity index (χ3n) is 2.23. The van der Waals surface area contributed by atoms with E-state index in [4.69, 9.17) is 10.5 Å². The summed E-state index contributed by atoms with van der Waals surface area (Å²) in [5.41, 5.74) is 6.41. The molecule has 0 aliphatic carbocycles. The number of carbonyl (C=O) groups excluding carboxylic acids is 2. The van der Waals surface area contributed by atoms with Crippen molar-refractivity contribution in [3.05, 3.63) is 29.8 Å². The number of esters is 1. The van der Waals surface area contributed by atoms with Gasteiger partial charge in [-0.1, -0.05) is 6.07 Å². The molecule has 18 heavy (non-hydrogen) atoms. The van der Waals surface area contributed by atoms with E-state index in [1.54, 1.807) is 18.2 Å². The minimum Gasteiger partial charge on any atom is -0.465 e. The van der Waals surface area contributed by atoms with Gasteiger partial charge in [0.25, 0.3) is 0 Å². The van der Waals surface area contributed by atoms with Gasteiger partial charge in [0.05, 0.1) is 19.3 Å². The van der Waals surface area contributed by atoms with Crippen molar-refractivity contribution in [2.24, 2.45) is 5.73 Å². The number of anilines is 1. The fraction of sp³-hybridized carbons (Fsp3) is 0.333. The number of nitrogens with one attached hydrogen (secondary N) is 1. The molecule has 0 spiro atoms. The van der Waals surface area contributed by atoms with Crippen LogP contribution in [0, 0.1) is 0 Å². The number of ether oxygens (including phenoxy) is 2. The molecular formula is C12H16N2O4. The summed E-state index contributed by atoms with van der Waals surface area (Å²) >= 11 is 0. The molecule has 0 fully saturated rings. The Hall–Kier alpha value is -1.92. The van der Waals surface area contributed by atoms with Crippen molar-refractivity contribution in [3.63, 3.8) is 0 Å². The number of hydrogen-bond donors (Lipinski definition) is 2. The molecule has 1 atom stereocenters. The number of benzene rings is 1. The van der Waals surface area contributed by atoms with E-state index >= 15 is 0 Å². The van der Waals surface area contributed by atoms with Gasteiger partial charge in [-0.25, -0.2) is 4.79 Å². The average molecular weight is 252 g/mol. The SMILES string of the molecule is COCC(N)C(=O)Nc1cccc(C(=O)OC)c1. The van der Waals surface area contributed by atoms with Gasteiger partial charge < -0.3 is 20.5 Å². The van der Waals surface area contributed by atoms with Crippen LogP contribution in [0.1, 0.15) is 10.4 Å². The first-order valence-corrected chi connectivity index (χ1v) is 5.32. The molecule has 0 heterocycles. The zero-order chi connectivity index (χ0) is 13.5. The molecule has 0 bridgehead atoms. The second-order valence-corrected chi connectivity index (χ2v) is 3.62. The minimum absolute atomic E-state index is 0.128. The highest BCUT2D eigenvalue weighted by atomic mass is 16.5. The van der Waals surface area contributed by atoms with E-state index in [9.17, 15) is 9.59 Å². The molecule has 1 rings (SSSR count). The molecule has 1 aromatic rings. The van der Waals surface area contributed by atoms with Crippen LogP contribution >= 0.6 is 0 Å². The highest BCUT2D eigenvalue weighted by Crippen LogP contribution is 2.11. The molecule has 0 saturated heterocycles. The topological polar surface area (TPSA) is 90.6 Å². The van der Waals surface area contributed by atoms with Crippen molar-refractivity contribution in [1.82, 2.24) is 0 Å². The molecule has 0 radical (unpaired) electrons. The molecular weight excluding hydrogens is 236 g/mol. The van der Waals surface area contributed by atoms with Gasteiger partial charge in [-0.05, 0) is 18.2 Å². The fourth-order valence-corrected chi connectivity index (χ4v) is 1.33. The number of methoxy groups -OCH3 is 2. The standard InChI is InChI=1S/C12H16N2O4/c1-17-7-10(13)11(15)14-9-5-3-4-8(6-9)12(16)18-2/h3-6,10H,7,13H2,1-2H3,(H,14,15). The van der Waals surface area contributed by atoms with Crippen molar-refractivity contribution in [1.29, 1.82) is 0 Å². The quantitative estimate of drug-likeness (QED) is 0.739. The van der Waals surface area contributed by atoms with E-state index in [1.807, 2.05) is 0 Å². The Labute approximate surface area is 105 Å².